The van der Waals surface area contributed by atoms with Crippen LogP contribution < -0.4 is 0 Å². The molecular formula is C17H16Cl2N2O5. The van der Waals surface area contributed by atoms with Crippen LogP contribution in [0.3, 0.4) is 0 Å². The van der Waals surface area contributed by atoms with E-state index in [0.29, 0.717) is 16.8 Å². The Morgan fingerprint density at radius 3 is 2.46 bits per heavy atom. The van der Waals surface area contributed by atoms with Gasteiger partial charge in [0.2, 0.25) is 5.78 Å². The van der Waals surface area contributed by atoms with Crippen molar-refractivity contribution >= 4 is 40.9 Å². The number of esters is 2. The second-order valence-corrected chi connectivity index (χ2v) is 6.10. The fourth-order valence-corrected chi connectivity index (χ4v) is 2.70. The highest BCUT2D eigenvalue weighted by Gasteiger charge is 2.24. The molecule has 0 fully saturated rings. The number of nitrogens with one attached hydrogen (secondary N) is 1. The minimum absolute atomic E-state index is 0.0587. The molecule has 9 heteroatoms. The van der Waals surface area contributed by atoms with Crippen molar-refractivity contribution in [3.05, 3.63) is 50.5 Å². The molecule has 0 aromatic carbocycles. The number of carbonyl (C=O) groups is 3. The summed E-state index contributed by atoms with van der Waals surface area (Å²) in [7, 11) is 0. The lowest BCUT2D eigenvalue weighted by molar-refractivity contribution is 0.0466. The summed E-state index contributed by atoms with van der Waals surface area (Å²) in [6, 6.07) is 2.83. The van der Waals surface area contributed by atoms with Crippen LogP contribution in [0.5, 0.6) is 0 Å². The van der Waals surface area contributed by atoms with Gasteiger partial charge in [0.1, 0.15) is 5.15 Å². The van der Waals surface area contributed by atoms with Gasteiger partial charge in [-0.15, -0.1) is 0 Å². The Bertz CT molecular complexity index is 876. The Morgan fingerprint density at radius 2 is 1.81 bits per heavy atom. The largest absolute Gasteiger partial charge is 0.462 e. The van der Waals surface area contributed by atoms with E-state index in [1.165, 1.54) is 12.1 Å². The molecule has 7 nitrogen and oxygen atoms in total. The Morgan fingerprint density at radius 1 is 1.12 bits per heavy atom. The fraction of sp³-hybridized carbons (Fsp3) is 0.294. The number of rotatable bonds is 6. The summed E-state index contributed by atoms with van der Waals surface area (Å²) in [6.07, 6.45) is 0. The summed E-state index contributed by atoms with van der Waals surface area (Å²) in [6.45, 7) is 4.62. The van der Waals surface area contributed by atoms with Gasteiger partial charge in [-0.05, 0) is 38.5 Å². The number of Topliss-reactive ketones (excluding diaryl/α,β-unsaturated/α-hetero) is 1. The van der Waals surface area contributed by atoms with Gasteiger partial charge in [-0.25, -0.2) is 14.6 Å². The Hall–Kier alpha value is -2.38. The van der Waals surface area contributed by atoms with Crippen LogP contribution in [0.2, 0.25) is 10.2 Å². The van der Waals surface area contributed by atoms with Crippen molar-refractivity contribution in [1.82, 2.24) is 9.97 Å². The summed E-state index contributed by atoms with van der Waals surface area (Å²) in [4.78, 5) is 43.0. The van der Waals surface area contributed by atoms with Gasteiger partial charge in [0.05, 0.1) is 22.9 Å². The molecule has 0 aliphatic rings. The fourth-order valence-electron chi connectivity index (χ4n) is 2.37. The number of pyridine rings is 1. The van der Waals surface area contributed by atoms with Gasteiger partial charge in [-0.1, -0.05) is 23.2 Å². The third-order valence-corrected chi connectivity index (χ3v) is 4.05. The minimum Gasteiger partial charge on any atom is -0.462 e. The first-order valence-corrected chi connectivity index (χ1v) is 8.40. The summed E-state index contributed by atoms with van der Waals surface area (Å²) in [5.74, 6) is -1.91. The molecule has 0 unspecified atom stereocenters. The number of nitrogens with zero attached hydrogens (tertiary/aromatic N) is 1. The molecule has 0 atom stereocenters. The molecule has 2 aromatic heterocycles. The predicted molar refractivity (Wildman–Crippen MR) is 95.1 cm³/mol. The second-order valence-electron chi connectivity index (χ2n) is 5.31. The normalized spacial score (nSPS) is 10.5. The van der Waals surface area contributed by atoms with Gasteiger partial charge in [0, 0.05) is 5.69 Å². The van der Waals surface area contributed by atoms with E-state index < -0.39 is 24.3 Å². The molecule has 2 heterocycles. The number of H-pyrrole nitrogens is 1. The van der Waals surface area contributed by atoms with Crippen molar-refractivity contribution in [1.29, 1.82) is 0 Å². The molecule has 2 aromatic rings. The third kappa shape index (κ3) is 4.23. The van der Waals surface area contributed by atoms with E-state index in [1.807, 2.05) is 0 Å². The standard InChI is InChI=1S/C17H16Cl2N2O5/c1-4-25-16(23)13-8(2)14(20-9(13)3)11(22)7-26-17(24)15-10(18)5-6-12(19)21-15/h5-6,20H,4,7H2,1-3H3. The van der Waals surface area contributed by atoms with Crippen LogP contribution >= 0.6 is 23.2 Å². The maximum absolute atomic E-state index is 12.4. The Balaban J connectivity index is 2.13. The van der Waals surface area contributed by atoms with Crippen molar-refractivity contribution in [3.63, 3.8) is 0 Å². The molecule has 0 radical (unpaired) electrons. The molecule has 0 aliphatic heterocycles. The van der Waals surface area contributed by atoms with E-state index in [2.05, 4.69) is 9.97 Å². The first kappa shape index (κ1) is 19.9. The lowest BCUT2D eigenvalue weighted by Crippen LogP contribution is -2.17. The molecule has 1 N–H and O–H groups in total. The Labute approximate surface area is 159 Å². The molecule has 0 amide bonds. The van der Waals surface area contributed by atoms with Gasteiger partial charge < -0.3 is 14.5 Å². The second kappa shape index (κ2) is 8.33. The molecule has 138 valence electrons. The minimum atomic E-state index is -0.877. The molecule has 0 bridgehead atoms. The number of aromatic amines is 1. The van der Waals surface area contributed by atoms with E-state index in [4.69, 9.17) is 32.7 Å². The zero-order valence-electron chi connectivity index (χ0n) is 14.3. The lowest BCUT2D eigenvalue weighted by atomic mass is 10.1. The summed E-state index contributed by atoms with van der Waals surface area (Å²) in [5, 5.41) is 0.130. The average molecular weight is 399 g/mol. The van der Waals surface area contributed by atoms with E-state index in [-0.39, 0.29) is 28.2 Å². The number of hydrogen-bond donors (Lipinski definition) is 1. The van der Waals surface area contributed by atoms with Crippen molar-refractivity contribution in [2.75, 3.05) is 13.2 Å². The predicted octanol–water partition coefficient (Wildman–Crippen LogP) is 3.55. The molecule has 0 spiro atoms. The topological polar surface area (TPSA) is 98.4 Å². The van der Waals surface area contributed by atoms with Gasteiger partial charge in [-0.2, -0.15) is 0 Å². The quantitative estimate of drug-likeness (QED) is 0.453. The molecular weight excluding hydrogens is 383 g/mol. The average Bonchev–Trinajstić information content (AvgIpc) is 2.89. The van der Waals surface area contributed by atoms with Gasteiger partial charge in [-0.3, -0.25) is 4.79 Å². The van der Waals surface area contributed by atoms with Crippen LogP contribution in [0.15, 0.2) is 12.1 Å². The SMILES string of the molecule is CCOC(=O)c1c(C)[nH]c(C(=O)COC(=O)c2nc(Cl)ccc2Cl)c1C. The van der Waals surface area contributed by atoms with Gasteiger partial charge in [0.25, 0.3) is 0 Å². The number of halogens is 2. The van der Waals surface area contributed by atoms with Crippen molar-refractivity contribution in [3.8, 4) is 0 Å². The molecule has 0 saturated heterocycles. The first-order chi connectivity index (χ1) is 12.3. The highest BCUT2D eigenvalue weighted by Crippen LogP contribution is 2.21. The van der Waals surface area contributed by atoms with Gasteiger partial charge in [0.15, 0.2) is 12.3 Å². The van der Waals surface area contributed by atoms with Crippen LogP contribution in [0.4, 0.5) is 0 Å². The maximum atomic E-state index is 12.4. The molecule has 0 saturated carbocycles. The zero-order chi connectivity index (χ0) is 19.4. The highest BCUT2D eigenvalue weighted by atomic mass is 35.5. The zero-order valence-corrected chi connectivity index (χ0v) is 15.8. The summed E-state index contributed by atoms with van der Waals surface area (Å²) < 4.78 is 9.93. The van der Waals surface area contributed by atoms with E-state index >= 15 is 0 Å². The first-order valence-electron chi connectivity index (χ1n) is 7.64. The van der Waals surface area contributed by atoms with Crippen molar-refractivity contribution in [2.45, 2.75) is 20.8 Å². The number of ketones is 1. The van der Waals surface area contributed by atoms with Crippen molar-refractivity contribution < 1.29 is 23.9 Å². The van der Waals surface area contributed by atoms with Crippen LogP contribution in [-0.2, 0) is 9.47 Å². The third-order valence-electron chi connectivity index (χ3n) is 3.54. The maximum Gasteiger partial charge on any atom is 0.359 e. The molecule has 0 aliphatic carbocycles. The number of hydrogen-bond acceptors (Lipinski definition) is 6. The smallest absolute Gasteiger partial charge is 0.359 e. The van der Waals surface area contributed by atoms with Crippen LogP contribution in [-0.4, -0.2) is 40.9 Å². The number of aryl methyl sites for hydroxylation is 1. The van der Waals surface area contributed by atoms with Crippen molar-refractivity contribution in [2.24, 2.45) is 0 Å². The summed E-state index contributed by atoms with van der Waals surface area (Å²) >= 11 is 11.6. The number of carbonyl (C=O) groups excluding carboxylic acids is 3. The molecule has 26 heavy (non-hydrogen) atoms. The molecule has 2 rings (SSSR count). The summed E-state index contributed by atoms with van der Waals surface area (Å²) in [5.41, 5.74) is 1.21. The number of ether oxygens (including phenoxy) is 2. The van der Waals surface area contributed by atoms with E-state index in [0.717, 1.165) is 0 Å². The van der Waals surface area contributed by atoms with Crippen LogP contribution in [0.1, 0.15) is 49.5 Å². The van der Waals surface area contributed by atoms with Crippen LogP contribution in [0.25, 0.3) is 0 Å². The highest BCUT2D eigenvalue weighted by molar-refractivity contribution is 6.34. The van der Waals surface area contributed by atoms with Crippen LogP contribution in [0, 0.1) is 13.8 Å². The van der Waals surface area contributed by atoms with E-state index in [9.17, 15) is 14.4 Å². The lowest BCUT2D eigenvalue weighted by Gasteiger charge is -2.06. The monoisotopic (exact) mass is 398 g/mol. The Kier molecular flexibility index (Phi) is 6.39. The van der Waals surface area contributed by atoms with Gasteiger partial charge >= 0.3 is 11.9 Å². The number of aromatic nitrogens is 2. The van der Waals surface area contributed by atoms with E-state index in [1.54, 1.807) is 20.8 Å².